The number of carbonyl (C=O) groups excluding carboxylic acids is 5. The molecule has 2 heterocycles. The fourth-order valence-corrected chi connectivity index (χ4v) is 5.47. The summed E-state index contributed by atoms with van der Waals surface area (Å²) in [5.74, 6) is -0.351. The van der Waals surface area contributed by atoms with Gasteiger partial charge in [-0.1, -0.05) is 44.9 Å². The molecule has 2 aromatic rings. The van der Waals surface area contributed by atoms with Crippen LogP contribution in [0.1, 0.15) is 108 Å². The topological polar surface area (TPSA) is 269 Å². The van der Waals surface area contributed by atoms with E-state index in [1.54, 1.807) is 0 Å². The van der Waals surface area contributed by atoms with Gasteiger partial charge < -0.3 is 54.8 Å². The Labute approximate surface area is 342 Å². The molecule has 19 heteroatoms. The van der Waals surface area contributed by atoms with E-state index >= 15 is 0 Å². The molecule has 1 unspecified atom stereocenters. The monoisotopic (exact) mass is 962 g/mol. The normalized spacial score (nSPS) is 11.1. The van der Waals surface area contributed by atoms with E-state index < -0.39 is 42.4 Å². The molecule has 2 atom stereocenters. The van der Waals surface area contributed by atoms with Gasteiger partial charge in [0.05, 0.1) is 11.6 Å². The number of unbranched alkanes of at least 4 members (excludes halogenated alkanes) is 8. The quantitative estimate of drug-likeness (QED) is 0.0428. The van der Waals surface area contributed by atoms with Crippen LogP contribution in [0.15, 0.2) is 24.8 Å². The third kappa shape index (κ3) is 26.9. The van der Waals surface area contributed by atoms with Crippen LogP contribution in [0.25, 0.3) is 0 Å². The van der Waals surface area contributed by atoms with Crippen molar-refractivity contribution in [2.24, 2.45) is 14.1 Å². The van der Waals surface area contributed by atoms with Crippen molar-refractivity contribution in [3.63, 3.8) is 0 Å². The Hall–Kier alpha value is -4.76. The molecule has 1 radical (unpaired) electrons. The van der Waals surface area contributed by atoms with Gasteiger partial charge in [0.1, 0.15) is 12.1 Å². The van der Waals surface area contributed by atoms with Gasteiger partial charge in [-0.3, -0.25) is 35.9 Å². The van der Waals surface area contributed by atoms with Crippen LogP contribution in [-0.4, -0.2) is 103 Å². The van der Waals surface area contributed by atoms with Crippen LogP contribution in [0.2, 0.25) is 0 Å². The molecule has 2 aromatic heterocycles. The van der Waals surface area contributed by atoms with E-state index in [0.717, 1.165) is 63.0 Å². The second kappa shape index (κ2) is 35.9. The first-order chi connectivity index (χ1) is 26.5. The summed E-state index contributed by atoms with van der Waals surface area (Å²) >= 11 is 0. The van der Waals surface area contributed by atoms with Gasteiger partial charge in [0.15, 0.2) is 0 Å². The molecule has 0 saturated carbocycles. The number of aryl methyl sites for hydroxylation is 2. The van der Waals surface area contributed by atoms with Gasteiger partial charge in [-0.2, -0.15) is 6.42 Å². The maximum Gasteiger partial charge on any atom is 0.326 e. The van der Waals surface area contributed by atoms with Crippen molar-refractivity contribution in [2.75, 3.05) is 6.54 Å². The van der Waals surface area contributed by atoms with E-state index in [-0.39, 0.29) is 39.2 Å². The Morgan fingerprint density at radius 3 is 1.54 bits per heavy atom. The zero-order chi connectivity index (χ0) is 42.0. The van der Waals surface area contributed by atoms with Crippen molar-refractivity contribution >= 4 is 50.2 Å². The zero-order valence-electron chi connectivity index (χ0n) is 32.2. The number of urea groups is 1. The van der Waals surface area contributed by atoms with E-state index in [0.29, 0.717) is 25.8 Å². The molecule has 0 aliphatic rings. The molecule has 0 aliphatic heterocycles. The SMILES string of the molecule is Cn1ccnc1C[C-](CCCCCCCCCCC(=O)NCCCCC(NC(=O)N[C@@H](CCC(=O)O)C(=O)O)C(=O)O)Cc1nccn1C.[CH-]=O.[CH-]=O.[CH-]=O.[Re]. The summed E-state index contributed by atoms with van der Waals surface area (Å²) in [4.78, 5) is 90.0. The van der Waals surface area contributed by atoms with Crippen LogP contribution < -0.4 is 16.0 Å². The number of hydrogen-bond acceptors (Lipinski definition) is 10. The number of nitrogens with one attached hydrogen (secondary N) is 3. The second-order valence-corrected chi connectivity index (χ2v) is 12.5. The number of carbonyl (C=O) groups is 5. The van der Waals surface area contributed by atoms with Crippen molar-refractivity contribution in [1.82, 2.24) is 35.1 Å². The van der Waals surface area contributed by atoms with Crippen molar-refractivity contribution in [1.29, 1.82) is 0 Å². The number of aliphatic carboxylic acids is 3. The molecule has 0 bridgehead atoms. The summed E-state index contributed by atoms with van der Waals surface area (Å²) in [6.07, 6.45) is 19.8. The number of aromatic nitrogens is 4. The number of carboxylic acid groups (broad SMARTS) is 3. The molecule has 56 heavy (non-hydrogen) atoms. The van der Waals surface area contributed by atoms with Gasteiger partial charge in [0.2, 0.25) is 5.91 Å². The number of carboxylic acids is 3. The Balaban J connectivity index is -0.00000382. The van der Waals surface area contributed by atoms with E-state index in [2.05, 4.69) is 55.4 Å². The standard InChI is InChI=1S/C34H54N7O8.3CHO.Re/c1-40-21-19-35-28(40)23-25(24-29-36-20-22-41(29)2)13-9-7-5-3-4-6-8-10-15-30(42)37-18-12-11-14-26(32(45)46)38-34(49)39-27(33(47)48)16-17-31(43)44;3*1-2;/h19-22,26-27H,3-18,23-24H2,1-2H3,(H,37,42)(H,43,44)(H,45,46)(H,47,48)(H2,38,39,49);3*1H;/q4*-1;/t26?,27-;;;;/m0..../s1. The van der Waals surface area contributed by atoms with E-state index in [1.165, 1.54) is 25.2 Å². The largest absolute Gasteiger partial charge is 0.545 e. The van der Waals surface area contributed by atoms with Crippen molar-refractivity contribution in [2.45, 2.75) is 121 Å². The molecular formula is C37H57N7O11Re-4. The zero-order valence-corrected chi connectivity index (χ0v) is 34.9. The van der Waals surface area contributed by atoms with Gasteiger partial charge in [0, 0.05) is 78.7 Å². The fraction of sp³-hybridized carbons (Fsp3) is 0.595. The molecule has 0 fully saturated rings. The van der Waals surface area contributed by atoms with Crippen LogP contribution in [0.4, 0.5) is 4.79 Å². The summed E-state index contributed by atoms with van der Waals surface area (Å²) in [5, 5.41) is 34.4. The minimum Gasteiger partial charge on any atom is -0.545 e. The van der Waals surface area contributed by atoms with Crippen LogP contribution in [-0.2, 0) is 80.9 Å². The van der Waals surface area contributed by atoms with Gasteiger partial charge >= 0.3 is 23.9 Å². The average Bonchev–Trinajstić information content (AvgIpc) is 3.77. The molecule has 3 amide bonds. The first kappa shape index (κ1) is 55.6. The van der Waals surface area contributed by atoms with Gasteiger partial charge in [-0.25, -0.2) is 24.4 Å². The number of imidazole rings is 2. The molecule has 18 nitrogen and oxygen atoms in total. The minimum atomic E-state index is -1.46. The molecule has 317 valence electrons. The minimum absolute atomic E-state index is 0. The fourth-order valence-electron chi connectivity index (χ4n) is 5.47. The number of nitrogens with zero attached hydrogens (tertiary/aromatic N) is 4. The molecule has 2 rings (SSSR count). The van der Waals surface area contributed by atoms with E-state index in [4.69, 9.17) is 24.6 Å². The first-order valence-corrected chi connectivity index (χ1v) is 17.9. The van der Waals surface area contributed by atoms with Crippen molar-refractivity contribution < 1.29 is 74.1 Å². The van der Waals surface area contributed by atoms with Crippen molar-refractivity contribution in [3.05, 3.63) is 42.4 Å². The predicted octanol–water partition coefficient (Wildman–Crippen LogP) is 2.95. The Morgan fingerprint density at radius 1 is 0.661 bits per heavy atom. The molecule has 0 saturated heterocycles. The number of hydrogen-bond donors (Lipinski definition) is 6. The third-order valence-electron chi connectivity index (χ3n) is 8.44. The first-order valence-electron chi connectivity index (χ1n) is 17.9. The molecule has 0 aliphatic carbocycles. The van der Waals surface area contributed by atoms with Gasteiger partial charge in [0.25, 0.3) is 0 Å². The third-order valence-corrected chi connectivity index (χ3v) is 8.44. The smallest absolute Gasteiger partial charge is 0.326 e. The Kier molecular flexibility index (Phi) is 35.6. The Morgan fingerprint density at radius 2 is 1.11 bits per heavy atom. The maximum absolute atomic E-state index is 12.2. The number of amides is 3. The van der Waals surface area contributed by atoms with E-state index in [9.17, 15) is 29.1 Å². The summed E-state index contributed by atoms with van der Waals surface area (Å²) in [7, 11) is 4.06. The summed E-state index contributed by atoms with van der Waals surface area (Å²) in [5.41, 5.74) is 0. The van der Waals surface area contributed by atoms with Crippen molar-refractivity contribution in [3.8, 4) is 0 Å². The van der Waals surface area contributed by atoms with Gasteiger partial charge in [-0.15, -0.1) is 12.8 Å². The van der Waals surface area contributed by atoms with Gasteiger partial charge in [-0.05, 0) is 32.1 Å². The van der Waals surface area contributed by atoms with Crippen LogP contribution in [0, 0.1) is 5.92 Å². The predicted molar refractivity (Wildman–Crippen MR) is 202 cm³/mol. The number of rotatable bonds is 27. The Bertz CT molecular complexity index is 1330. The van der Waals surface area contributed by atoms with E-state index in [1.807, 2.05) is 38.9 Å². The molecule has 0 spiro atoms. The molecule has 6 N–H and O–H groups in total. The summed E-state index contributed by atoms with van der Waals surface area (Å²) in [6, 6.07) is -3.72. The molecular weight excluding hydrogens is 905 g/mol. The van der Waals surface area contributed by atoms with Crippen LogP contribution >= 0.6 is 0 Å². The average molecular weight is 962 g/mol. The van der Waals surface area contributed by atoms with Crippen LogP contribution in [0.3, 0.4) is 0 Å². The second-order valence-electron chi connectivity index (χ2n) is 12.5. The maximum atomic E-state index is 12.2. The van der Waals surface area contributed by atoms with Crippen LogP contribution in [0.5, 0.6) is 0 Å². The summed E-state index contributed by atoms with van der Waals surface area (Å²) < 4.78 is 4.15. The summed E-state index contributed by atoms with van der Waals surface area (Å²) in [6.45, 7) is 10.1. The molecule has 0 aromatic carbocycles.